The van der Waals surface area contributed by atoms with E-state index in [0.717, 1.165) is 44.2 Å². The first-order valence-electron chi connectivity index (χ1n) is 8.14. The second kappa shape index (κ2) is 7.57. The maximum Gasteiger partial charge on any atom is 0.251 e. The lowest BCUT2D eigenvalue weighted by Gasteiger charge is -2.45. The van der Waals surface area contributed by atoms with E-state index in [9.17, 15) is 17.6 Å². The summed E-state index contributed by atoms with van der Waals surface area (Å²) in [6.45, 7) is 0. The van der Waals surface area contributed by atoms with Gasteiger partial charge in [-0.15, -0.1) is 12.4 Å². The van der Waals surface area contributed by atoms with Crippen LogP contribution in [0.2, 0.25) is 0 Å². The van der Waals surface area contributed by atoms with Crippen molar-refractivity contribution in [2.75, 3.05) is 0 Å². The molecule has 9 heteroatoms. The molecule has 1 aromatic rings. The average Bonchev–Trinajstić information content (AvgIpc) is 2.46. The second-order valence-corrected chi connectivity index (χ2v) is 8.40. The van der Waals surface area contributed by atoms with Crippen molar-refractivity contribution in [3.05, 3.63) is 29.6 Å². The van der Waals surface area contributed by atoms with Crippen molar-refractivity contribution in [1.29, 1.82) is 0 Å². The number of rotatable bonds is 3. The largest absolute Gasteiger partial charge is 0.349 e. The predicted octanol–water partition coefficient (Wildman–Crippen LogP) is 1.53. The van der Waals surface area contributed by atoms with Crippen molar-refractivity contribution < 1.29 is 17.6 Å². The van der Waals surface area contributed by atoms with Crippen LogP contribution in [0.15, 0.2) is 23.1 Å². The maximum atomic E-state index is 13.9. The van der Waals surface area contributed by atoms with Gasteiger partial charge in [0.15, 0.2) is 0 Å². The summed E-state index contributed by atoms with van der Waals surface area (Å²) in [7, 11) is -4.14. The summed E-state index contributed by atoms with van der Waals surface area (Å²) in [6.07, 6.45) is 4.99. The highest BCUT2D eigenvalue weighted by molar-refractivity contribution is 7.89. The molecule has 2 saturated carbocycles. The lowest BCUT2D eigenvalue weighted by Crippen LogP contribution is -2.53. The molecule has 2 unspecified atom stereocenters. The number of carbonyl (C=O) groups excluding carboxylic acids is 1. The Balaban J connectivity index is 0.00000225. The van der Waals surface area contributed by atoms with Gasteiger partial charge in [-0.25, -0.2) is 17.9 Å². The first-order chi connectivity index (χ1) is 11.3. The van der Waals surface area contributed by atoms with E-state index in [0.29, 0.717) is 11.8 Å². The first-order valence-corrected chi connectivity index (χ1v) is 9.69. The van der Waals surface area contributed by atoms with Crippen LogP contribution in [0.25, 0.3) is 0 Å². The van der Waals surface area contributed by atoms with E-state index < -0.39 is 26.6 Å². The summed E-state index contributed by atoms with van der Waals surface area (Å²) in [5.41, 5.74) is 6.17. The molecule has 0 aliphatic heterocycles. The molecule has 2 aliphatic carbocycles. The lowest BCUT2D eigenvalue weighted by atomic mass is 9.67. The lowest BCUT2D eigenvalue weighted by molar-refractivity contribution is 0.0755. The molecule has 2 fully saturated rings. The minimum absolute atomic E-state index is 0. The highest BCUT2D eigenvalue weighted by Crippen LogP contribution is 2.39. The van der Waals surface area contributed by atoms with Crippen LogP contribution in [0.3, 0.4) is 0 Å². The standard InChI is InChI=1S/C16H22FN3O3S.ClH/c17-13-8-11(4-5-14(13)24(19,22)23)16(21)20-15-9-2-1-3-10(15)7-12(18)6-9;/h4-5,8-10,12,15H,1-3,6-7,18H2,(H,20,21)(H2,19,22,23);1H. The van der Waals surface area contributed by atoms with E-state index in [1.807, 2.05) is 0 Å². The molecule has 3 rings (SSSR count). The molecule has 1 amide bonds. The van der Waals surface area contributed by atoms with Gasteiger partial charge in [0, 0.05) is 17.6 Å². The molecule has 25 heavy (non-hydrogen) atoms. The van der Waals surface area contributed by atoms with Crippen LogP contribution in [0.1, 0.15) is 42.5 Å². The fourth-order valence-corrected chi connectivity index (χ4v) is 4.72. The Morgan fingerprint density at radius 1 is 1.20 bits per heavy atom. The number of primary sulfonamides is 1. The number of hydrogen-bond donors (Lipinski definition) is 3. The quantitative estimate of drug-likeness (QED) is 0.724. The molecule has 2 atom stereocenters. The van der Waals surface area contributed by atoms with Crippen molar-refractivity contribution in [1.82, 2.24) is 5.32 Å². The normalized spacial score (nSPS) is 28.8. The van der Waals surface area contributed by atoms with Gasteiger partial charge in [-0.3, -0.25) is 4.79 Å². The summed E-state index contributed by atoms with van der Waals surface area (Å²) in [6, 6.07) is 3.45. The number of hydrogen-bond acceptors (Lipinski definition) is 4. The molecule has 2 aliphatic rings. The molecular formula is C16H23ClFN3O3S. The molecular weight excluding hydrogens is 369 g/mol. The monoisotopic (exact) mass is 391 g/mol. The molecule has 0 heterocycles. The third-order valence-corrected chi connectivity index (χ3v) is 6.12. The number of fused-ring (bicyclic) bond motifs is 2. The Hall–Kier alpha value is -1.22. The smallest absolute Gasteiger partial charge is 0.251 e. The third-order valence-electron chi connectivity index (χ3n) is 5.17. The number of halogens is 2. The van der Waals surface area contributed by atoms with Gasteiger partial charge >= 0.3 is 0 Å². The van der Waals surface area contributed by atoms with Gasteiger partial charge < -0.3 is 11.1 Å². The Morgan fingerprint density at radius 2 is 1.80 bits per heavy atom. The van der Waals surface area contributed by atoms with Gasteiger partial charge in [0.1, 0.15) is 10.7 Å². The van der Waals surface area contributed by atoms with Crippen LogP contribution in [0.4, 0.5) is 4.39 Å². The van der Waals surface area contributed by atoms with E-state index in [1.165, 1.54) is 6.07 Å². The molecule has 5 N–H and O–H groups in total. The number of benzene rings is 1. The van der Waals surface area contributed by atoms with Crippen LogP contribution in [-0.2, 0) is 10.0 Å². The van der Waals surface area contributed by atoms with Crippen LogP contribution in [-0.4, -0.2) is 26.4 Å². The number of nitrogens with two attached hydrogens (primary N) is 2. The van der Waals surface area contributed by atoms with Crippen LogP contribution in [0.5, 0.6) is 0 Å². The van der Waals surface area contributed by atoms with E-state index in [2.05, 4.69) is 5.32 Å². The summed E-state index contributed by atoms with van der Waals surface area (Å²) in [5.74, 6) is -0.710. The molecule has 2 bridgehead atoms. The van der Waals surface area contributed by atoms with Crippen molar-refractivity contribution in [3.8, 4) is 0 Å². The van der Waals surface area contributed by atoms with Crippen LogP contribution in [0, 0.1) is 17.7 Å². The zero-order valence-corrected chi connectivity index (χ0v) is 15.3. The van der Waals surface area contributed by atoms with Gasteiger partial charge in [0.05, 0.1) is 0 Å². The number of nitrogens with one attached hydrogen (secondary N) is 1. The number of sulfonamides is 1. The molecule has 0 saturated heterocycles. The maximum absolute atomic E-state index is 13.9. The predicted molar refractivity (Wildman–Crippen MR) is 94.3 cm³/mol. The van der Waals surface area contributed by atoms with Crippen LogP contribution >= 0.6 is 12.4 Å². The topological polar surface area (TPSA) is 115 Å². The molecule has 1 aromatic carbocycles. The van der Waals surface area contributed by atoms with Crippen molar-refractivity contribution >= 4 is 28.3 Å². The van der Waals surface area contributed by atoms with Gasteiger partial charge in [-0.05, 0) is 55.7 Å². The zero-order chi connectivity index (χ0) is 17.5. The number of carbonyl (C=O) groups is 1. The molecule has 0 radical (unpaired) electrons. The SMILES string of the molecule is Cl.NC1CC2CCCC(C1)C2NC(=O)c1ccc(S(N)(=O)=O)c(F)c1. The summed E-state index contributed by atoms with van der Waals surface area (Å²) in [5, 5.41) is 7.93. The highest BCUT2D eigenvalue weighted by Gasteiger charge is 2.40. The molecule has 0 aromatic heterocycles. The van der Waals surface area contributed by atoms with E-state index in [-0.39, 0.29) is 30.1 Å². The molecule has 0 spiro atoms. The zero-order valence-electron chi connectivity index (χ0n) is 13.7. The van der Waals surface area contributed by atoms with Crippen molar-refractivity contribution in [3.63, 3.8) is 0 Å². The van der Waals surface area contributed by atoms with Crippen molar-refractivity contribution in [2.24, 2.45) is 22.7 Å². The first kappa shape index (κ1) is 20.1. The number of amides is 1. The Morgan fingerprint density at radius 3 is 2.32 bits per heavy atom. The molecule has 6 nitrogen and oxygen atoms in total. The average molecular weight is 392 g/mol. The highest BCUT2D eigenvalue weighted by atomic mass is 35.5. The van der Waals surface area contributed by atoms with E-state index in [4.69, 9.17) is 10.9 Å². The third kappa shape index (κ3) is 4.31. The van der Waals surface area contributed by atoms with Gasteiger partial charge in [-0.1, -0.05) is 6.42 Å². The Labute approximate surface area is 153 Å². The fourth-order valence-electron chi connectivity index (χ4n) is 4.13. The van der Waals surface area contributed by atoms with Gasteiger partial charge in [-0.2, -0.15) is 0 Å². The van der Waals surface area contributed by atoms with Gasteiger partial charge in [0.25, 0.3) is 5.91 Å². The molecule has 140 valence electrons. The van der Waals surface area contributed by atoms with E-state index >= 15 is 0 Å². The summed E-state index contributed by atoms with van der Waals surface area (Å²) >= 11 is 0. The van der Waals surface area contributed by atoms with Gasteiger partial charge in [0.2, 0.25) is 10.0 Å². The fraction of sp³-hybridized carbons (Fsp3) is 0.562. The minimum atomic E-state index is -4.14. The van der Waals surface area contributed by atoms with Crippen molar-refractivity contribution in [2.45, 2.75) is 49.1 Å². The minimum Gasteiger partial charge on any atom is -0.349 e. The van der Waals surface area contributed by atoms with E-state index in [1.54, 1.807) is 0 Å². The Bertz CT molecular complexity index is 745. The summed E-state index contributed by atoms with van der Waals surface area (Å²) < 4.78 is 36.4. The Kier molecular flexibility index (Phi) is 6.09. The summed E-state index contributed by atoms with van der Waals surface area (Å²) in [4.78, 5) is 11.8. The van der Waals surface area contributed by atoms with Crippen LogP contribution < -0.4 is 16.2 Å². The second-order valence-electron chi connectivity index (χ2n) is 6.87.